The van der Waals surface area contributed by atoms with Gasteiger partial charge in [0.15, 0.2) is 0 Å². The van der Waals surface area contributed by atoms with Gasteiger partial charge in [0.2, 0.25) is 0 Å². The average molecular weight is 277 g/mol. The molecule has 0 bridgehead atoms. The summed E-state index contributed by atoms with van der Waals surface area (Å²) in [6.45, 7) is 15.1. The van der Waals surface area contributed by atoms with Crippen LogP contribution in [0.4, 0.5) is 0 Å². The number of hydrogen-bond acceptors (Lipinski definition) is 1. The summed E-state index contributed by atoms with van der Waals surface area (Å²) < 4.78 is 0. The lowest BCUT2D eigenvalue weighted by molar-refractivity contribution is 0.0966. The molecule has 0 radical (unpaired) electrons. The molecule has 0 aromatic heterocycles. The predicted molar refractivity (Wildman–Crippen MR) is 88.8 cm³/mol. The van der Waals surface area contributed by atoms with Crippen LogP contribution in [-0.2, 0) is 0 Å². The third-order valence-corrected chi connectivity index (χ3v) is 5.66. The maximum atomic E-state index is 4.28. The van der Waals surface area contributed by atoms with Gasteiger partial charge in [0, 0.05) is 6.04 Å². The SMILES string of the molecule is C=C(CC)CC1CC(C(C)(C)C)CCC1CNC1CC1. The molecular weight excluding hydrogens is 242 g/mol. The van der Waals surface area contributed by atoms with Crippen LogP contribution in [0.5, 0.6) is 0 Å². The van der Waals surface area contributed by atoms with Gasteiger partial charge in [0.05, 0.1) is 0 Å². The fourth-order valence-corrected chi connectivity index (χ4v) is 3.75. The van der Waals surface area contributed by atoms with Crippen LogP contribution in [0.3, 0.4) is 0 Å². The van der Waals surface area contributed by atoms with E-state index in [4.69, 9.17) is 0 Å². The maximum absolute atomic E-state index is 4.28. The zero-order valence-electron chi connectivity index (χ0n) is 14.2. The molecule has 116 valence electrons. The first kappa shape index (κ1) is 16.1. The van der Waals surface area contributed by atoms with E-state index in [1.54, 1.807) is 0 Å². The summed E-state index contributed by atoms with van der Waals surface area (Å²) in [5, 5.41) is 3.77. The van der Waals surface area contributed by atoms with E-state index in [1.165, 1.54) is 50.6 Å². The Morgan fingerprint density at radius 2 is 1.80 bits per heavy atom. The summed E-state index contributed by atoms with van der Waals surface area (Å²) in [4.78, 5) is 0. The van der Waals surface area contributed by atoms with E-state index in [-0.39, 0.29) is 0 Å². The molecular formula is C19H35N. The van der Waals surface area contributed by atoms with Crippen molar-refractivity contribution in [3.05, 3.63) is 12.2 Å². The lowest BCUT2D eigenvalue weighted by atomic mass is 9.64. The Bertz CT molecular complexity index is 321. The van der Waals surface area contributed by atoms with E-state index in [1.807, 2.05) is 0 Å². The largest absolute Gasteiger partial charge is 0.314 e. The van der Waals surface area contributed by atoms with Gasteiger partial charge >= 0.3 is 0 Å². The Morgan fingerprint density at radius 3 is 2.35 bits per heavy atom. The van der Waals surface area contributed by atoms with Crippen LogP contribution in [0.25, 0.3) is 0 Å². The second-order valence-electron chi connectivity index (χ2n) is 8.39. The highest BCUT2D eigenvalue weighted by Gasteiger charge is 2.36. The van der Waals surface area contributed by atoms with E-state index in [9.17, 15) is 0 Å². The van der Waals surface area contributed by atoms with Crippen molar-refractivity contribution >= 4 is 0 Å². The molecule has 0 aromatic carbocycles. The molecule has 2 aliphatic carbocycles. The van der Waals surface area contributed by atoms with Crippen molar-refractivity contribution in [2.45, 2.75) is 78.7 Å². The minimum absolute atomic E-state index is 0.473. The molecule has 20 heavy (non-hydrogen) atoms. The fourth-order valence-electron chi connectivity index (χ4n) is 3.75. The van der Waals surface area contributed by atoms with Gasteiger partial charge in [-0.05, 0) is 74.7 Å². The first-order valence-electron chi connectivity index (χ1n) is 8.80. The van der Waals surface area contributed by atoms with Gasteiger partial charge in [-0.25, -0.2) is 0 Å². The van der Waals surface area contributed by atoms with Gasteiger partial charge in [-0.15, -0.1) is 0 Å². The molecule has 3 unspecified atom stereocenters. The molecule has 1 N–H and O–H groups in total. The summed E-state index contributed by atoms with van der Waals surface area (Å²) in [5.74, 6) is 2.65. The second kappa shape index (κ2) is 6.64. The third-order valence-electron chi connectivity index (χ3n) is 5.66. The van der Waals surface area contributed by atoms with Crippen molar-refractivity contribution in [1.29, 1.82) is 0 Å². The molecule has 0 spiro atoms. The molecule has 2 aliphatic rings. The summed E-state index contributed by atoms with van der Waals surface area (Å²) in [5.41, 5.74) is 1.93. The lowest BCUT2D eigenvalue weighted by Crippen LogP contribution is -2.37. The minimum atomic E-state index is 0.473. The van der Waals surface area contributed by atoms with Crippen molar-refractivity contribution in [1.82, 2.24) is 5.32 Å². The smallest absolute Gasteiger partial charge is 0.00683 e. The van der Waals surface area contributed by atoms with Crippen molar-refractivity contribution in [2.24, 2.45) is 23.2 Å². The molecule has 0 aliphatic heterocycles. The van der Waals surface area contributed by atoms with E-state index < -0.39 is 0 Å². The number of rotatable bonds is 6. The van der Waals surface area contributed by atoms with Crippen molar-refractivity contribution in [3.63, 3.8) is 0 Å². The van der Waals surface area contributed by atoms with Crippen LogP contribution in [-0.4, -0.2) is 12.6 Å². The van der Waals surface area contributed by atoms with E-state index in [0.717, 1.165) is 30.2 Å². The zero-order valence-corrected chi connectivity index (χ0v) is 14.2. The van der Waals surface area contributed by atoms with Gasteiger partial charge in [0.1, 0.15) is 0 Å². The number of nitrogens with one attached hydrogen (secondary N) is 1. The third kappa shape index (κ3) is 4.62. The first-order chi connectivity index (χ1) is 9.40. The van der Waals surface area contributed by atoms with Gasteiger partial charge in [0.25, 0.3) is 0 Å². The summed E-state index contributed by atoms with van der Waals surface area (Å²) >= 11 is 0. The zero-order chi connectivity index (χ0) is 14.8. The quantitative estimate of drug-likeness (QED) is 0.660. The van der Waals surface area contributed by atoms with E-state index in [2.05, 4.69) is 39.6 Å². The van der Waals surface area contributed by atoms with Gasteiger partial charge < -0.3 is 5.32 Å². The molecule has 0 saturated heterocycles. The van der Waals surface area contributed by atoms with E-state index >= 15 is 0 Å². The van der Waals surface area contributed by atoms with Gasteiger partial charge in [-0.1, -0.05) is 39.8 Å². The van der Waals surface area contributed by atoms with Crippen LogP contribution in [0.1, 0.15) is 72.6 Å². The average Bonchev–Trinajstić information content (AvgIpc) is 3.20. The van der Waals surface area contributed by atoms with Crippen molar-refractivity contribution in [2.75, 3.05) is 6.54 Å². The summed E-state index contributed by atoms with van der Waals surface area (Å²) in [6.07, 6.45) is 9.49. The Hall–Kier alpha value is -0.300. The van der Waals surface area contributed by atoms with Crippen LogP contribution < -0.4 is 5.32 Å². The first-order valence-corrected chi connectivity index (χ1v) is 8.80. The van der Waals surface area contributed by atoms with Crippen LogP contribution in [0.15, 0.2) is 12.2 Å². The second-order valence-corrected chi connectivity index (χ2v) is 8.39. The number of hydrogen-bond donors (Lipinski definition) is 1. The van der Waals surface area contributed by atoms with Crippen LogP contribution in [0, 0.1) is 23.2 Å². The van der Waals surface area contributed by atoms with Gasteiger partial charge in [-0.2, -0.15) is 0 Å². The lowest BCUT2D eigenvalue weighted by Gasteiger charge is -2.42. The minimum Gasteiger partial charge on any atom is -0.314 e. The molecule has 2 rings (SSSR count). The number of allylic oxidation sites excluding steroid dienone is 1. The molecule has 0 amide bonds. The van der Waals surface area contributed by atoms with Crippen molar-refractivity contribution in [3.8, 4) is 0 Å². The fraction of sp³-hybridized carbons (Fsp3) is 0.895. The highest BCUT2D eigenvalue weighted by atomic mass is 14.9. The molecule has 2 fully saturated rings. The highest BCUT2D eigenvalue weighted by Crippen LogP contribution is 2.44. The summed E-state index contributed by atoms with van der Waals surface area (Å²) in [6, 6.07) is 0.852. The Kier molecular flexibility index (Phi) is 5.34. The molecule has 2 saturated carbocycles. The molecule has 1 heteroatoms. The van der Waals surface area contributed by atoms with Crippen LogP contribution in [0.2, 0.25) is 0 Å². The van der Waals surface area contributed by atoms with E-state index in [0.29, 0.717) is 5.41 Å². The normalized spacial score (nSPS) is 31.3. The van der Waals surface area contributed by atoms with Crippen molar-refractivity contribution < 1.29 is 0 Å². The molecule has 0 aromatic rings. The molecule has 0 heterocycles. The maximum Gasteiger partial charge on any atom is 0.00683 e. The summed E-state index contributed by atoms with van der Waals surface area (Å²) in [7, 11) is 0. The van der Waals surface area contributed by atoms with Crippen LogP contribution >= 0.6 is 0 Å². The molecule has 3 atom stereocenters. The Morgan fingerprint density at radius 1 is 1.10 bits per heavy atom. The monoisotopic (exact) mass is 277 g/mol. The highest BCUT2D eigenvalue weighted by molar-refractivity contribution is 4.99. The Balaban J connectivity index is 1.93. The Labute approximate surface area is 126 Å². The standard InChI is InChI=1S/C19H35N/c1-6-14(2)11-16-12-17(19(3,4)5)8-7-15(16)13-20-18-9-10-18/h15-18,20H,2,6-13H2,1,3-5H3. The predicted octanol–water partition coefficient (Wildman–Crippen LogP) is 5.17. The molecule has 1 nitrogen and oxygen atoms in total. The van der Waals surface area contributed by atoms with Gasteiger partial charge in [-0.3, -0.25) is 0 Å². The topological polar surface area (TPSA) is 12.0 Å².